The number of carbonyl (C=O) groups excluding carboxylic acids is 1. The average Bonchev–Trinajstić information content (AvgIpc) is 3.05. The average molecular weight is 343 g/mol. The standard InChI is InChI=1S/C18H21N3O4/c1-25-12-18(16(22)23)6-8-21(11-18)17(24)20-10-13-4-5-15-14(9-13)3-2-7-19-15/h2-5,7,9H,6,8,10-12H2,1H3,(H,20,24)(H,22,23). The molecule has 1 aliphatic heterocycles. The zero-order valence-electron chi connectivity index (χ0n) is 14.1. The number of aromatic nitrogens is 1. The van der Waals surface area contributed by atoms with Crippen molar-refractivity contribution in [1.82, 2.24) is 15.2 Å². The number of hydrogen-bond donors (Lipinski definition) is 2. The van der Waals surface area contributed by atoms with E-state index in [-0.39, 0.29) is 19.2 Å². The highest BCUT2D eigenvalue weighted by Crippen LogP contribution is 2.31. The maximum atomic E-state index is 12.4. The summed E-state index contributed by atoms with van der Waals surface area (Å²) >= 11 is 0. The third kappa shape index (κ3) is 3.56. The van der Waals surface area contributed by atoms with Crippen LogP contribution in [0.5, 0.6) is 0 Å². The van der Waals surface area contributed by atoms with Crippen molar-refractivity contribution in [3.8, 4) is 0 Å². The fraction of sp³-hybridized carbons (Fsp3) is 0.389. The Balaban J connectivity index is 1.61. The number of carboxylic acid groups (broad SMARTS) is 1. The minimum atomic E-state index is -1.01. The van der Waals surface area contributed by atoms with Gasteiger partial charge in [0, 0.05) is 38.3 Å². The quantitative estimate of drug-likeness (QED) is 0.865. The summed E-state index contributed by atoms with van der Waals surface area (Å²) in [5, 5.41) is 13.3. The van der Waals surface area contributed by atoms with Gasteiger partial charge in [-0.2, -0.15) is 0 Å². The number of amides is 2. The molecule has 1 aliphatic rings. The molecule has 0 aliphatic carbocycles. The number of hydrogen-bond acceptors (Lipinski definition) is 4. The molecule has 3 rings (SSSR count). The minimum absolute atomic E-state index is 0.101. The zero-order valence-corrected chi connectivity index (χ0v) is 14.1. The number of rotatable bonds is 5. The van der Waals surface area contributed by atoms with E-state index in [0.29, 0.717) is 19.5 Å². The first-order chi connectivity index (χ1) is 12.0. The van der Waals surface area contributed by atoms with E-state index in [0.717, 1.165) is 16.5 Å². The van der Waals surface area contributed by atoms with Gasteiger partial charge in [-0.15, -0.1) is 0 Å². The molecule has 1 saturated heterocycles. The summed E-state index contributed by atoms with van der Waals surface area (Å²) in [7, 11) is 1.47. The lowest BCUT2D eigenvalue weighted by Gasteiger charge is -2.24. The smallest absolute Gasteiger partial charge is 0.317 e. The zero-order chi connectivity index (χ0) is 17.9. The van der Waals surface area contributed by atoms with Crippen LogP contribution >= 0.6 is 0 Å². The molecule has 7 heteroatoms. The van der Waals surface area contributed by atoms with Crippen molar-refractivity contribution in [3.05, 3.63) is 42.1 Å². The number of nitrogens with one attached hydrogen (secondary N) is 1. The van der Waals surface area contributed by atoms with Gasteiger partial charge in [-0.05, 0) is 30.2 Å². The molecule has 0 radical (unpaired) electrons. The Hall–Kier alpha value is -2.67. The van der Waals surface area contributed by atoms with Crippen molar-refractivity contribution in [2.24, 2.45) is 5.41 Å². The van der Waals surface area contributed by atoms with Crippen LogP contribution in [0.2, 0.25) is 0 Å². The highest BCUT2D eigenvalue weighted by atomic mass is 16.5. The number of carboxylic acids is 1. The molecule has 25 heavy (non-hydrogen) atoms. The van der Waals surface area contributed by atoms with Gasteiger partial charge in [0.15, 0.2) is 0 Å². The molecule has 2 heterocycles. The van der Waals surface area contributed by atoms with Crippen LogP contribution in [0.15, 0.2) is 36.5 Å². The van der Waals surface area contributed by atoms with Crippen molar-refractivity contribution in [2.45, 2.75) is 13.0 Å². The van der Waals surface area contributed by atoms with Crippen molar-refractivity contribution in [1.29, 1.82) is 0 Å². The number of carbonyl (C=O) groups is 2. The summed E-state index contributed by atoms with van der Waals surface area (Å²) in [5.74, 6) is -0.924. The number of ether oxygens (including phenoxy) is 1. The largest absolute Gasteiger partial charge is 0.481 e. The number of aliphatic carboxylic acids is 1. The van der Waals surface area contributed by atoms with E-state index >= 15 is 0 Å². The predicted octanol–water partition coefficient (Wildman–Crippen LogP) is 1.87. The molecule has 1 aromatic heterocycles. The van der Waals surface area contributed by atoms with E-state index in [4.69, 9.17) is 4.74 Å². The predicted molar refractivity (Wildman–Crippen MR) is 92.1 cm³/mol. The fourth-order valence-electron chi connectivity index (χ4n) is 3.20. The number of fused-ring (bicyclic) bond motifs is 1. The lowest BCUT2D eigenvalue weighted by atomic mass is 9.88. The summed E-state index contributed by atoms with van der Waals surface area (Å²) in [6.07, 6.45) is 2.14. The topological polar surface area (TPSA) is 91.8 Å². The van der Waals surface area contributed by atoms with E-state index in [2.05, 4.69) is 10.3 Å². The van der Waals surface area contributed by atoms with E-state index < -0.39 is 11.4 Å². The van der Waals surface area contributed by atoms with Crippen LogP contribution in [-0.4, -0.2) is 53.8 Å². The molecular weight excluding hydrogens is 322 g/mol. The maximum Gasteiger partial charge on any atom is 0.317 e. The first kappa shape index (κ1) is 17.2. The van der Waals surface area contributed by atoms with Gasteiger partial charge in [0.25, 0.3) is 0 Å². The van der Waals surface area contributed by atoms with Gasteiger partial charge in [-0.1, -0.05) is 12.1 Å². The third-order valence-electron chi connectivity index (χ3n) is 4.63. The first-order valence-corrected chi connectivity index (χ1v) is 8.13. The van der Waals surface area contributed by atoms with Gasteiger partial charge in [-0.3, -0.25) is 9.78 Å². The summed E-state index contributed by atoms with van der Waals surface area (Å²) in [6.45, 7) is 1.04. The van der Waals surface area contributed by atoms with Gasteiger partial charge in [-0.25, -0.2) is 4.79 Å². The molecule has 2 N–H and O–H groups in total. The second-order valence-electron chi connectivity index (χ2n) is 6.38. The van der Waals surface area contributed by atoms with Crippen molar-refractivity contribution in [3.63, 3.8) is 0 Å². The summed E-state index contributed by atoms with van der Waals surface area (Å²) < 4.78 is 5.04. The number of pyridine rings is 1. The Morgan fingerprint density at radius 1 is 1.40 bits per heavy atom. The molecule has 2 amide bonds. The van der Waals surface area contributed by atoms with Crippen LogP contribution in [0, 0.1) is 5.41 Å². The molecule has 0 saturated carbocycles. The molecule has 7 nitrogen and oxygen atoms in total. The molecule has 132 valence electrons. The van der Waals surface area contributed by atoms with E-state index in [1.54, 1.807) is 6.20 Å². The van der Waals surface area contributed by atoms with Crippen LogP contribution in [0.1, 0.15) is 12.0 Å². The maximum absolute atomic E-state index is 12.4. The Bertz CT molecular complexity index is 795. The van der Waals surface area contributed by atoms with Gasteiger partial charge < -0.3 is 20.1 Å². The lowest BCUT2D eigenvalue weighted by molar-refractivity contribution is -0.151. The van der Waals surface area contributed by atoms with Crippen LogP contribution in [-0.2, 0) is 16.1 Å². The van der Waals surface area contributed by atoms with E-state index in [1.165, 1.54) is 12.0 Å². The Labute approximate surface area is 145 Å². The normalized spacial score (nSPS) is 20.0. The Morgan fingerprint density at radius 2 is 2.24 bits per heavy atom. The number of methoxy groups -OCH3 is 1. The molecule has 1 fully saturated rings. The molecule has 1 atom stereocenters. The number of nitrogens with zero attached hydrogens (tertiary/aromatic N) is 2. The second-order valence-corrected chi connectivity index (χ2v) is 6.38. The Kier molecular flexibility index (Phi) is 4.85. The van der Waals surface area contributed by atoms with Crippen molar-refractivity contribution < 1.29 is 19.4 Å². The van der Waals surface area contributed by atoms with E-state index in [9.17, 15) is 14.7 Å². The van der Waals surface area contributed by atoms with Crippen LogP contribution in [0.3, 0.4) is 0 Å². The van der Waals surface area contributed by atoms with Crippen molar-refractivity contribution >= 4 is 22.9 Å². The van der Waals surface area contributed by atoms with E-state index in [1.807, 2.05) is 30.3 Å². The fourth-order valence-corrected chi connectivity index (χ4v) is 3.20. The second kappa shape index (κ2) is 7.06. The summed E-state index contributed by atoms with van der Waals surface area (Å²) in [6, 6.07) is 9.41. The van der Waals surface area contributed by atoms with Gasteiger partial charge in [0.05, 0.1) is 12.1 Å². The molecule has 0 spiro atoms. The van der Waals surface area contributed by atoms with Gasteiger partial charge in [0.1, 0.15) is 5.41 Å². The highest BCUT2D eigenvalue weighted by molar-refractivity contribution is 5.81. The van der Waals surface area contributed by atoms with Crippen molar-refractivity contribution in [2.75, 3.05) is 26.8 Å². The monoisotopic (exact) mass is 343 g/mol. The highest BCUT2D eigenvalue weighted by Gasteiger charge is 2.46. The number of benzene rings is 1. The van der Waals surface area contributed by atoms with Gasteiger partial charge >= 0.3 is 12.0 Å². The van der Waals surface area contributed by atoms with Gasteiger partial charge in [0.2, 0.25) is 0 Å². The van der Waals surface area contributed by atoms with Crippen LogP contribution in [0.25, 0.3) is 10.9 Å². The van der Waals surface area contributed by atoms with Crippen LogP contribution < -0.4 is 5.32 Å². The van der Waals surface area contributed by atoms with Crippen LogP contribution in [0.4, 0.5) is 4.79 Å². The Morgan fingerprint density at radius 3 is 3.00 bits per heavy atom. The summed E-state index contributed by atoms with van der Waals surface area (Å²) in [4.78, 5) is 29.7. The molecule has 0 bridgehead atoms. The number of urea groups is 1. The molecule has 2 aromatic rings. The minimum Gasteiger partial charge on any atom is -0.481 e. The first-order valence-electron chi connectivity index (χ1n) is 8.13. The summed E-state index contributed by atoms with van der Waals surface area (Å²) in [5.41, 5.74) is 0.859. The molecule has 1 aromatic carbocycles. The SMILES string of the molecule is COCC1(C(=O)O)CCN(C(=O)NCc2ccc3ncccc3c2)C1. The lowest BCUT2D eigenvalue weighted by Crippen LogP contribution is -2.43. The molecular formula is C18H21N3O4. The third-order valence-corrected chi connectivity index (χ3v) is 4.63. The molecule has 1 unspecified atom stereocenters. The number of likely N-dealkylation sites (tertiary alicyclic amines) is 1.